The molecule has 0 radical (unpaired) electrons. The van der Waals surface area contributed by atoms with E-state index >= 15 is 0 Å². The number of nitrogens with one attached hydrogen (secondary N) is 1. The quantitative estimate of drug-likeness (QED) is 0.417. The standard InChI is InChI=1S/C30H36N4O4S/c1-18(2)25(33-15-22-7-5-6-8-24(22)27(33)36)28(37)34-16-23(35)13-30(34,4)29(38)31-14-20-9-11-21(12-10-20)26-19(3)32-17-39-26/h5-12,17-18,23,25,27,35-36H,13-16H2,1-4H3,(H,31,38)/t23-,25+,27?,30?/m1/s1. The molecule has 2 aliphatic rings. The summed E-state index contributed by atoms with van der Waals surface area (Å²) in [5.74, 6) is -0.676. The average molecular weight is 549 g/mol. The number of hydrogen-bond donors (Lipinski definition) is 3. The molecule has 1 fully saturated rings. The Labute approximate surface area is 233 Å². The minimum absolute atomic E-state index is 0.0752. The number of likely N-dealkylation sites (tertiary alicyclic amines) is 1. The summed E-state index contributed by atoms with van der Waals surface area (Å²) in [6, 6.07) is 15.0. The highest BCUT2D eigenvalue weighted by Crippen LogP contribution is 2.38. The van der Waals surface area contributed by atoms with Crippen LogP contribution in [0.25, 0.3) is 10.4 Å². The first-order chi connectivity index (χ1) is 18.6. The zero-order valence-electron chi connectivity index (χ0n) is 22.8. The van der Waals surface area contributed by atoms with Crippen molar-refractivity contribution in [3.63, 3.8) is 0 Å². The Bertz CT molecular complexity index is 1360. The normalized spacial score (nSPS) is 23.7. The Kier molecular flexibility index (Phi) is 7.61. The third-order valence-electron chi connectivity index (χ3n) is 8.03. The maximum atomic E-state index is 14.1. The van der Waals surface area contributed by atoms with Gasteiger partial charge in [0.2, 0.25) is 11.8 Å². The molecule has 2 aliphatic heterocycles. The molecule has 8 nitrogen and oxygen atoms in total. The monoisotopic (exact) mass is 548 g/mol. The molecular formula is C30H36N4O4S. The van der Waals surface area contributed by atoms with Gasteiger partial charge < -0.3 is 20.4 Å². The summed E-state index contributed by atoms with van der Waals surface area (Å²) >= 11 is 1.59. The zero-order valence-corrected chi connectivity index (χ0v) is 23.6. The molecule has 0 bridgehead atoms. The van der Waals surface area contributed by atoms with Crippen LogP contribution in [0.5, 0.6) is 0 Å². The molecule has 2 unspecified atom stereocenters. The van der Waals surface area contributed by atoms with E-state index in [2.05, 4.69) is 10.3 Å². The zero-order chi connectivity index (χ0) is 27.9. The highest BCUT2D eigenvalue weighted by atomic mass is 32.1. The van der Waals surface area contributed by atoms with Crippen molar-refractivity contribution in [2.24, 2.45) is 5.92 Å². The van der Waals surface area contributed by atoms with Crippen molar-refractivity contribution in [1.29, 1.82) is 0 Å². The first-order valence-corrected chi connectivity index (χ1v) is 14.3. The molecule has 3 aromatic rings. The number of aliphatic hydroxyl groups excluding tert-OH is 2. The second-order valence-corrected chi connectivity index (χ2v) is 12.0. The molecule has 0 aliphatic carbocycles. The van der Waals surface area contributed by atoms with Crippen molar-refractivity contribution in [3.05, 3.63) is 76.4 Å². The minimum atomic E-state index is -1.21. The van der Waals surface area contributed by atoms with E-state index in [1.165, 1.54) is 4.90 Å². The number of thiazole rings is 1. The predicted octanol–water partition coefficient (Wildman–Crippen LogP) is 3.62. The van der Waals surface area contributed by atoms with Gasteiger partial charge in [0.05, 0.1) is 28.2 Å². The molecule has 206 valence electrons. The lowest BCUT2D eigenvalue weighted by molar-refractivity contribution is -0.153. The van der Waals surface area contributed by atoms with E-state index in [4.69, 9.17) is 0 Å². The fourth-order valence-electron chi connectivity index (χ4n) is 5.93. The summed E-state index contributed by atoms with van der Waals surface area (Å²) in [5.41, 5.74) is 5.42. The van der Waals surface area contributed by atoms with Gasteiger partial charge in [-0.1, -0.05) is 62.4 Å². The lowest BCUT2D eigenvalue weighted by Gasteiger charge is -2.40. The van der Waals surface area contributed by atoms with Crippen LogP contribution in [0, 0.1) is 12.8 Å². The Hall–Kier alpha value is -3.11. The number of rotatable bonds is 7. The van der Waals surface area contributed by atoms with E-state index in [9.17, 15) is 19.8 Å². The average Bonchev–Trinajstić information content (AvgIpc) is 3.58. The summed E-state index contributed by atoms with van der Waals surface area (Å²) in [5, 5.41) is 24.7. The molecule has 4 atom stereocenters. The number of β-amino-alcohol motifs (C(OH)–C–C–N with tert-alkyl or cyclic N) is 1. The third kappa shape index (κ3) is 5.12. The summed E-state index contributed by atoms with van der Waals surface area (Å²) in [7, 11) is 0. The second-order valence-electron chi connectivity index (χ2n) is 11.2. The lowest BCUT2D eigenvalue weighted by atomic mass is 9.94. The van der Waals surface area contributed by atoms with Crippen LogP contribution < -0.4 is 5.32 Å². The number of fused-ring (bicyclic) bond motifs is 1. The van der Waals surface area contributed by atoms with Crippen molar-refractivity contribution in [3.8, 4) is 10.4 Å². The lowest BCUT2D eigenvalue weighted by Crippen LogP contribution is -2.60. The number of hydrogen-bond acceptors (Lipinski definition) is 7. The van der Waals surface area contributed by atoms with Crippen molar-refractivity contribution in [2.75, 3.05) is 6.54 Å². The van der Waals surface area contributed by atoms with Crippen molar-refractivity contribution < 1.29 is 19.8 Å². The van der Waals surface area contributed by atoms with Crippen LogP contribution in [0.1, 0.15) is 55.8 Å². The van der Waals surface area contributed by atoms with Gasteiger partial charge in [-0.15, -0.1) is 11.3 Å². The largest absolute Gasteiger partial charge is 0.391 e. The van der Waals surface area contributed by atoms with Crippen LogP contribution in [0.15, 0.2) is 54.0 Å². The molecule has 1 aromatic heterocycles. The summed E-state index contributed by atoms with van der Waals surface area (Å²) in [4.78, 5) is 36.4. The van der Waals surface area contributed by atoms with E-state index in [1.807, 2.05) is 74.8 Å². The van der Waals surface area contributed by atoms with Gasteiger partial charge in [0.15, 0.2) is 0 Å². The van der Waals surface area contributed by atoms with Gasteiger partial charge in [0, 0.05) is 26.1 Å². The maximum absolute atomic E-state index is 14.1. The van der Waals surface area contributed by atoms with E-state index in [0.717, 1.165) is 32.8 Å². The van der Waals surface area contributed by atoms with Crippen molar-refractivity contribution in [2.45, 2.75) is 71.1 Å². The number of aliphatic hydroxyl groups is 2. The first-order valence-electron chi connectivity index (χ1n) is 13.4. The third-order valence-corrected chi connectivity index (χ3v) is 9.01. The summed E-state index contributed by atoms with van der Waals surface area (Å²) in [6.07, 6.45) is -1.55. The van der Waals surface area contributed by atoms with E-state index in [1.54, 1.807) is 23.2 Å². The molecule has 3 N–H and O–H groups in total. The van der Waals surface area contributed by atoms with Gasteiger partial charge in [-0.05, 0) is 42.0 Å². The number of aryl methyl sites for hydroxylation is 1. The molecule has 5 rings (SSSR count). The Balaban J connectivity index is 1.31. The fourth-order valence-corrected chi connectivity index (χ4v) is 6.74. The van der Waals surface area contributed by atoms with Gasteiger partial charge >= 0.3 is 0 Å². The maximum Gasteiger partial charge on any atom is 0.246 e. The molecular weight excluding hydrogens is 512 g/mol. The van der Waals surface area contributed by atoms with Crippen LogP contribution in [0.2, 0.25) is 0 Å². The Morgan fingerprint density at radius 1 is 1.15 bits per heavy atom. The highest BCUT2D eigenvalue weighted by Gasteiger charge is 2.52. The number of amides is 2. The van der Waals surface area contributed by atoms with Crippen molar-refractivity contribution in [1.82, 2.24) is 20.1 Å². The van der Waals surface area contributed by atoms with E-state index in [-0.39, 0.29) is 30.7 Å². The molecule has 2 amide bonds. The number of benzene rings is 2. The molecule has 1 saturated heterocycles. The first kappa shape index (κ1) is 27.5. The van der Waals surface area contributed by atoms with Crippen LogP contribution in [0.3, 0.4) is 0 Å². The molecule has 2 aromatic carbocycles. The molecule has 0 saturated carbocycles. The van der Waals surface area contributed by atoms with Gasteiger partial charge in [0.1, 0.15) is 11.8 Å². The Morgan fingerprint density at radius 3 is 2.51 bits per heavy atom. The second kappa shape index (κ2) is 10.8. The SMILES string of the molecule is Cc1ncsc1-c1ccc(CNC(=O)C2(C)C[C@@H](O)CN2C(=O)[C@H](C(C)C)N2Cc3ccccc3C2O)cc1. The molecule has 3 heterocycles. The van der Waals surface area contributed by atoms with Gasteiger partial charge in [0.25, 0.3) is 0 Å². The van der Waals surface area contributed by atoms with Gasteiger partial charge in [-0.3, -0.25) is 14.5 Å². The topological polar surface area (TPSA) is 106 Å². The van der Waals surface area contributed by atoms with E-state index in [0.29, 0.717) is 13.1 Å². The van der Waals surface area contributed by atoms with E-state index < -0.39 is 23.9 Å². The summed E-state index contributed by atoms with van der Waals surface area (Å²) < 4.78 is 0. The molecule has 9 heteroatoms. The number of carbonyl (C=O) groups excluding carboxylic acids is 2. The molecule has 0 spiro atoms. The van der Waals surface area contributed by atoms with Crippen molar-refractivity contribution >= 4 is 23.2 Å². The number of carbonyl (C=O) groups is 2. The van der Waals surface area contributed by atoms with Gasteiger partial charge in [-0.2, -0.15) is 0 Å². The summed E-state index contributed by atoms with van der Waals surface area (Å²) in [6.45, 7) is 8.42. The highest BCUT2D eigenvalue weighted by molar-refractivity contribution is 7.13. The number of aromatic nitrogens is 1. The van der Waals surface area contributed by atoms with Crippen LogP contribution >= 0.6 is 11.3 Å². The predicted molar refractivity (Wildman–Crippen MR) is 150 cm³/mol. The smallest absolute Gasteiger partial charge is 0.246 e. The number of nitrogens with zero attached hydrogens (tertiary/aromatic N) is 3. The Morgan fingerprint density at radius 2 is 1.87 bits per heavy atom. The van der Waals surface area contributed by atoms with Gasteiger partial charge in [-0.25, -0.2) is 4.98 Å². The minimum Gasteiger partial charge on any atom is -0.391 e. The van der Waals surface area contributed by atoms with Crippen LogP contribution in [-0.2, 0) is 22.7 Å². The van der Waals surface area contributed by atoms with Crippen LogP contribution in [0.4, 0.5) is 0 Å². The fraction of sp³-hybridized carbons (Fsp3) is 0.433. The molecule has 39 heavy (non-hydrogen) atoms. The van der Waals surface area contributed by atoms with Crippen LogP contribution in [-0.4, -0.2) is 61.0 Å².